The van der Waals surface area contributed by atoms with Gasteiger partial charge in [0.15, 0.2) is 0 Å². The molecule has 14 heavy (non-hydrogen) atoms. The number of aromatic nitrogens is 1. The van der Waals surface area contributed by atoms with Crippen LogP contribution in [0.25, 0.3) is 0 Å². The Kier molecular flexibility index (Phi) is 3.62. The lowest BCUT2D eigenvalue weighted by Crippen LogP contribution is -2.18. The molecule has 0 bridgehead atoms. The second-order valence-corrected chi connectivity index (χ2v) is 4.33. The Hall–Kier alpha value is -0.0500. The quantitative estimate of drug-likeness (QED) is 0.693. The van der Waals surface area contributed by atoms with Gasteiger partial charge in [0.05, 0.1) is 0 Å². The van der Waals surface area contributed by atoms with Gasteiger partial charge in [-0.2, -0.15) is 0 Å². The van der Waals surface area contributed by atoms with Gasteiger partial charge in [-0.15, -0.1) is 13.2 Å². The summed E-state index contributed by atoms with van der Waals surface area (Å²) in [5.74, 6) is -0.412. The van der Waals surface area contributed by atoms with Crippen molar-refractivity contribution >= 4 is 38.5 Å². The normalized spacial score (nSPS) is 11.6. The zero-order valence-electron chi connectivity index (χ0n) is 6.82. The lowest BCUT2D eigenvalue weighted by molar-refractivity contribution is -0.276. The lowest BCUT2D eigenvalue weighted by atomic mass is 10.3. The molecule has 0 unspecified atom stereocenters. The first kappa shape index (κ1) is 12.0. The predicted molar refractivity (Wildman–Crippen MR) is 56.1 cm³/mol. The first-order valence-electron chi connectivity index (χ1n) is 3.37. The topological polar surface area (TPSA) is 22.1 Å². The van der Waals surface area contributed by atoms with Crippen LogP contribution in [0.2, 0.25) is 0 Å². The Balaban J connectivity index is 3.06. The molecule has 1 rings (SSSR count). The number of hydrogen-bond donors (Lipinski definition) is 0. The van der Waals surface area contributed by atoms with Gasteiger partial charge < -0.3 is 4.74 Å². The SMILES string of the molecule is Cc1c(OC(F)(F)F)ncc(Br)c1I. The lowest BCUT2D eigenvalue weighted by Gasteiger charge is -2.11. The van der Waals surface area contributed by atoms with Crippen molar-refractivity contribution in [3.8, 4) is 5.88 Å². The van der Waals surface area contributed by atoms with E-state index in [2.05, 4.69) is 25.7 Å². The molecule has 0 spiro atoms. The van der Waals surface area contributed by atoms with E-state index < -0.39 is 12.2 Å². The van der Waals surface area contributed by atoms with E-state index in [1.54, 1.807) is 0 Å². The third kappa shape index (κ3) is 2.97. The number of rotatable bonds is 1. The molecule has 7 heteroatoms. The summed E-state index contributed by atoms with van der Waals surface area (Å²) in [5.41, 5.74) is 0.359. The molecule has 0 aliphatic heterocycles. The number of pyridine rings is 1. The molecule has 1 aromatic rings. The molecule has 0 N–H and O–H groups in total. The van der Waals surface area contributed by atoms with Crippen molar-refractivity contribution in [3.05, 3.63) is 19.8 Å². The summed E-state index contributed by atoms with van der Waals surface area (Å²) >= 11 is 5.06. The first-order valence-corrected chi connectivity index (χ1v) is 5.25. The molecule has 0 aliphatic carbocycles. The third-order valence-corrected chi connectivity index (χ3v) is 4.10. The Labute approximate surface area is 100 Å². The van der Waals surface area contributed by atoms with E-state index in [0.717, 1.165) is 0 Å². The van der Waals surface area contributed by atoms with Crippen LogP contribution in [0.15, 0.2) is 10.7 Å². The van der Waals surface area contributed by atoms with Gasteiger partial charge in [-0.1, -0.05) is 0 Å². The largest absolute Gasteiger partial charge is 0.574 e. The second kappa shape index (κ2) is 4.21. The monoisotopic (exact) mass is 381 g/mol. The summed E-state index contributed by atoms with van der Waals surface area (Å²) in [6.07, 6.45) is -3.43. The number of halogens is 5. The molecular formula is C7H4BrF3INO. The fourth-order valence-corrected chi connectivity index (χ4v) is 1.52. The highest BCUT2D eigenvalue weighted by molar-refractivity contribution is 14.1. The first-order chi connectivity index (χ1) is 6.31. The van der Waals surface area contributed by atoms with Gasteiger partial charge in [-0.25, -0.2) is 4.98 Å². The average Bonchev–Trinajstić information content (AvgIpc) is 2.04. The van der Waals surface area contributed by atoms with Gasteiger partial charge in [0.25, 0.3) is 0 Å². The highest BCUT2D eigenvalue weighted by atomic mass is 127. The minimum Gasteiger partial charge on any atom is -0.388 e. The van der Waals surface area contributed by atoms with Crippen LogP contribution in [0.5, 0.6) is 5.88 Å². The van der Waals surface area contributed by atoms with Gasteiger partial charge in [0.1, 0.15) is 0 Å². The number of alkyl halides is 3. The molecular weight excluding hydrogens is 378 g/mol. The van der Waals surface area contributed by atoms with E-state index in [0.29, 0.717) is 13.6 Å². The molecule has 0 saturated carbocycles. The van der Waals surface area contributed by atoms with E-state index in [4.69, 9.17) is 0 Å². The van der Waals surface area contributed by atoms with Crippen molar-refractivity contribution < 1.29 is 17.9 Å². The molecule has 2 nitrogen and oxygen atoms in total. The van der Waals surface area contributed by atoms with E-state index in [-0.39, 0.29) is 0 Å². The predicted octanol–water partition coefficient (Wildman–Crippen LogP) is 3.66. The zero-order valence-corrected chi connectivity index (χ0v) is 10.6. The summed E-state index contributed by atoms with van der Waals surface area (Å²) in [4.78, 5) is 3.53. The molecule has 0 amide bonds. The van der Waals surface area contributed by atoms with Gasteiger partial charge in [0.2, 0.25) is 5.88 Å². The minimum absolute atomic E-state index is 0.359. The number of nitrogens with zero attached hydrogens (tertiary/aromatic N) is 1. The summed E-state index contributed by atoms with van der Waals surface area (Å²) in [6, 6.07) is 0. The van der Waals surface area contributed by atoms with Crippen molar-refractivity contribution in [1.29, 1.82) is 0 Å². The van der Waals surface area contributed by atoms with Crippen molar-refractivity contribution in [1.82, 2.24) is 4.98 Å². The van der Waals surface area contributed by atoms with Crippen molar-refractivity contribution in [2.45, 2.75) is 13.3 Å². The Morgan fingerprint density at radius 1 is 1.50 bits per heavy atom. The second-order valence-electron chi connectivity index (χ2n) is 2.40. The van der Waals surface area contributed by atoms with Crippen molar-refractivity contribution in [2.24, 2.45) is 0 Å². The minimum atomic E-state index is -4.70. The van der Waals surface area contributed by atoms with Crippen LogP contribution >= 0.6 is 38.5 Å². The van der Waals surface area contributed by atoms with Crippen molar-refractivity contribution in [3.63, 3.8) is 0 Å². The molecule has 78 valence electrons. The molecule has 1 aromatic heterocycles. The van der Waals surface area contributed by atoms with Crippen LogP contribution in [0, 0.1) is 10.5 Å². The van der Waals surface area contributed by atoms with E-state index >= 15 is 0 Å². The highest BCUT2D eigenvalue weighted by Crippen LogP contribution is 2.30. The highest BCUT2D eigenvalue weighted by Gasteiger charge is 2.32. The molecule has 1 heterocycles. The number of hydrogen-bond acceptors (Lipinski definition) is 2. The van der Waals surface area contributed by atoms with E-state index in [1.807, 2.05) is 22.6 Å². The maximum atomic E-state index is 11.9. The van der Waals surface area contributed by atoms with Gasteiger partial charge in [-0.3, -0.25) is 0 Å². The fourth-order valence-electron chi connectivity index (χ4n) is 0.754. The van der Waals surface area contributed by atoms with Crippen LogP contribution in [0.1, 0.15) is 5.56 Å². The van der Waals surface area contributed by atoms with Crippen LogP contribution < -0.4 is 4.74 Å². The Bertz CT molecular complexity index is 356. The molecule has 0 atom stereocenters. The number of ether oxygens (including phenoxy) is 1. The molecule has 0 saturated heterocycles. The van der Waals surface area contributed by atoms with Gasteiger partial charge >= 0.3 is 6.36 Å². The smallest absolute Gasteiger partial charge is 0.388 e. The maximum Gasteiger partial charge on any atom is 0.574 e. The Morgan fingerprint density at radius 3 is 2.57 bits per heavy atom. The van der Waals surface area contributed by atoms with E-state index in [1.165, 1.54) is 13.1 Å². The van der Waals surface area contributed by atoms with Crippen LogP contribution in [0.3, 0.4) is 0 Å². The average molecular weight is 382 g/mol. The van der Waals surface area contributed by atoms with Gasteiger partial charge in [0, 0.05) is 19.8 Å². The molecule has 0 fully saturated rings. The van der Waals surface area contributed by atoms with Crippen LogP contribution in [-0.2, 0) is 0 Å². The van der Waals surface area contributed by atoms with Gasteiger partial charge in [-0.05, 0) is 45.4 Å². The standard InChI is InChI=1S/C7H4BrF3INO/c1-3-5(12)4(8)2-13-6(3)14-7(9,10)11/h2H,1H3. The van der Waals surface area contributed by atoms with Crippen molar-refractivity contribution in [2.75, 3.05) is 0 Å². The summed E-state index contributed by atoms with van der Waals surface area (Å²) < 4.78 is 40.7. The Morgan fingerprint density at radius 2 is 2.07 bits per heavy atom. The zero-order chi connectivity index (χ0) is 10.9. The summed E-state index contributed by atoms with van der Waals surface area (Å²) in [5, 5.41) is 0. The molecule has 0 aliphatic rings. The third-order valence-electron chi connectivity index (χ3n) is 1.37. The van der Waals surface area contributed by atoms with Crippen LogP contribution in [-0.4, -0.2) is 11.3 Å². The van der Waals surface area contributed by atoms with Crippen LogP contribution in [0.4, 0.5) is 13.2 Å². The maximum absolute atomic E-state index is 11.9. The summed E-state index contributed by atoms with van der Waals surface area (Å²) in [7, 11) is 0. The summed E-state index contributed by atoms with van der Waals surface area (Å²) in [6.45, 7) is 1.51. The molecule has 0 radical (unpaired) electrons. The molecule has 0 aromatic carbocycles. The fraction of sp³-hybridized carbons (Fsp3) is 0.286. The van der Waals surface area contributed by atoms with E-state index in [9.17, 15) is 13.2 Å².